The molecule has 146 valence electrons. The highest BCUT2D eigenvalue weighted by Crippen LogP contribution is 2.29. The lowest BCUT2D eigenvalue weighted by Gasteiger charge is -2.25. The Morgan fingerprint density at radius 1 is 1.24 bits per heavy atom. The predicted octanol–water partition coefficient (Wildman–Crippen LogP) is 4.49. The standard InChI is InChI=1S/C15H22F3NO3S.C2H6/c1-4-19(13-10-12(2)6-7-14(13)21-3)8-5-9-23(20)22-11-15(16,17)18;1-2/h6-7,10H,4-5,8-9,11H2,1-3H3;1-2H3. The SMILES string of the molecule is CC.CCN(CCCS(=O)OCC(F)(F)F)c1cc(C)ccc1OC. The summed E-state index contributed by atoms with van der Waals surface area (Å²) in [5, 5.41) is 0. The van der Waals surface area contributed by atoms with E-state index >= 15 is 0 Å². The molecule has 0 aliphatic rings. The van der Waals surface area contributed by atoms with Crippen LogP contribution in [0, 0.1) is 6.92 Å². The smallest absolute Gasteiger partial charge is 0.413 e. The van der Waals surface area contributed by atoms with Crippen LogP contribution in [0.1, 0.15) is 32.8 Å². The predicted molar refractivity (Wildman–Crippen MR) is 96.6 cm³/mol. The van der Waals surface area contributed by atoms with Gasteiger partial charge in [0.05, 0.1) is 18.6 Å². The van der Waals surface area contributed by atoms with E-state index in [-0.39, 0.29) is 5.75 Å². The van der Waals surface area contributed by atoms with Gasteiger partial charge in [-0.05, 0) is 38.0 Å². The third kappa shape index (κ3) is 9.69. The fraction of sp³-hybridized carbons (Fsp3) is 0.647. The molecule has 0 aliphatic heterocycles. The molecule has 0 saturated carbocycles. The quantitative estimate of drug-likeness (QED) is 0.630. The highest BCUT2D eigenvalue weighted by Gasteiger charge is 2.28. The average Bonchev–Trinajstić information content (AvgIpc) is 2.58. The Morgan fingerprint density at radius 2 is 1.88 bits per heavy atom. The van der Waals surface area contributed by atoms with Crippen LogP contribution in [0.25, 0.3) is 0 Å². The van der Waals surface area contributed by atoms with Crippen molar-refractivity contribution in [1.29, 1.82) is 0 Å². The highest BCUT2D eigenvalue weighted by atomic mass is 32.2. The molecule has 1 aromatic rings. The number of benzene rings is 1. The van der Waals surface area contributed by atoms with Crippen molar-refractivity contribution >= 4 is 16.8 Å². The van der Waals surface area contributed by atoms with Crippen LogP contribution in [0.2, 0.25) is 0 Å². The number of hydrogen-bond acceptors (Lipinski definition) is 4. The van der Waals surface area contributed by atoms with Crippen LogP contribution in [0.5, 0.6) is 5.75 Å². The van der Waals surface area contributed by atoms with E-state index in [0.717, 1.165) is 17.0 Å². The van der Waals surface area contributed by atoms with E-state index in [2.05, 4.69) is 4.18 Å². The second-order valence-corrected chi connectivity index (χ2v) is 6.25. The van der Waals surface area contributed by atoms with Crippen molar-refractivity contribution < 1.29 is 26.3 Å². The largest absolute Gasteiger partial charge is 0.495 e. The molecule has 0 aromatic heterocycles. The van der Waals surface area contributed by atoms with Gasteiger partial charge in [-0.2, -0.15) is 13.2 Å². The molecule has 8 heteroatoms. The zero-order chi connectivity index (χ0) is 19.5. The average molecular weight is 383 g/mol. The zero-order valence-electron chi connectivity index (χ0n) is 15.5. The first-order chi connectivity index (χ1) is 11.8. The van der Waals surface area contributed by atoms with Gasteiger partial charge >= 0.3 is 6.18 Å². The summed E-state index contributed by atoms with van der Waals surface area (Å²) in [7, 11) is 1.59. The van der Waals surface area contributed by atoms with Gasteiger partial charge in [0.25, 0.3) is 0 Å². The summed E-state index contributed by atoms with van der Waals surface area (Å²) < 4.78 is 57.0. The van der Waals surface area contributed by atoms with Gasteiger partial charge in [0.2, 0.25) is 0 Å². The summed E-state index contributed by atoms with van der Waals surface area (Å²) in [6.45, 7) is 7.71. The monoisotopic (exact) mass is 383 g/mol. The maximum atomic E-state index is 12.0. The van der Waals surface area contributed by atoms with Crippen LogP contribution in [0.4, 0.5) is 18.9 Å². The summed E-state index contributed by atoms with van der Waals surface area (Å²) in [5.74, 6) is 0.785. The molecule has 0 saturated heterocycles. The molecule has 0 aliphatic carbocycles. The number of rotatable bonds is 9. The zero-order valence-corrected chi connectivity index (χ0v) is 16.3. The van der Waals surface area contributed by atoms with Gasteiger partial charge < -0.3 is 9.64 Å². The van der Waals surface area contributed by atoms with Crippen LogP contribution in [0.3, 0.4) is 0 Å². The van der Waals surface area contributed by atoms with Gasteiger partial charge in [-0.1, -0.05) is 19.9 Å². The minimum atomic E-state index is -4.46. The summed E-state index contributed by atoms with van der Waals surface area (Å²) in [4.78, 5) is 2.03. The van der Waals surface area contributed by atoms with Crippen molar-refractivity contribution in [2.75, 3.05) is 37.5 Å². The molecular weight excluding hydrogens is 355 g/mol. The van der Waals surface area contributed by atoms with Crippen molar-refractivity contribution in [3.8, 4) is 5.75 Å². The fourth-order valence-corrected chi connectivity index (χ4v) is 2.81. The van der Waals surface area contributed by atoms with E-state index in [0.29, 0.717) is 19.5 Å². The van der Waals surface area contributed by atoms with Crippen LogP contribution >= 0.6 is 0 Å². The van der Waals surface area contributed by atoms with Crippen molar-refractivity contribution in [3.05, 3.63) is 23.8 Å². The van der Waals surface area contributed by atoms with Crippen molar-refractivity contribution in [2.24, 2.45) is 0 Å². The number of aryl methyl sites for hydroxylation is 1. The first-order valence-corrected chi connectivity index (χ1v) is 9.49. The second-order valence-electron chi connectivity index (χ2n) is 4.99. The van der Waals surface area contributed by atoms with Gasteiger partial charge in [0.15, 0.2) is 17.7 Å². The Labute approximate surface area is 151 Å². The van der Waals surface area contributed by atoms with E-state index in [1.807, 2.05) is 50.8 Å². The molecule has 0 heterocycles. The highest BCUT2D eigenvalue weighted by molar-refractivity contribution is 7.80. The first kappa shape index (κ1) is 23.7. The normalized spacial score (nSPS) is 12.2. The maximum absolute atomic E-state index is 12.0. The number of methoxy groups -OCH3 is 1. The number of nitrogens with zero attached hydrogens (tertiary/aromatic N) is 1. The molecule has 0 bridgehead atoms. The number of anilines is 1. The molecule has 4 nitrogen and oxygen atoms in total. The van der Waals surface area contributed by atoms with Crippen molar-refractivity contribution in [2.45, 2.75) is 40.3 Å². The maximum Gasteiger partial charge on any atom is 0.413 e. The van der Waals surface area contributed by atoms with E-state index in [1.165, 1.54) is 0 Å². The second kappa shape index (κ2) is 12.1. The van der Waals surface area contributed by atoms with Crippen LogP contribution in [-0.4, -0.2) is 42.9 Å². The summed E-state index contributed by atoms with van der Waals surface area (Å²) >= 11 is -1.93. The Balaban J connectivity index is 0.00000277. The number of alkyl halides is 3. The topological polar surface area (TPSA) is 38.8 Å². The third-order valence-corrected chi connectivity index (χ3v) is 4.15. The lowest BCUT2D eigenvalue weighted by molar-refractivity contribution is -0.151. The van der Waals surface area contributed by atoms with Crippen LogP contribution in [0.15, 0.2) is 18.2 Å². The Kier molecular flexibility index (Phi) is 11.5. The number of hydrogen-bond donors (Lipinski definition) is 0. The Morgan fingerprint density at radius 3 is 2.40 bits per heavy atom. The molecule has 0 amide bonds. The van der Waals surface area contributed by atoms with Crippen molar-refractivity contribution in [3.63, 3.8) is 0 Å². The van der Waals surface area contributed by atoms with Gasteiger partial charge in [-0.3, -0.25) is 4.18 Å². The lowest BCUT2D eigenvalue weighted by Crippen LogP contribution is -2.26. The molecule has 1 aromatic carbocycles. The molecule has 0 N–H and O–H groups in total. The van der Waals surface area contributed by atoms with Gasteiger partial charge in [-0.15, -0.1) is 0 Å². The van der Waals surface area contributed by atoms with Gasteiger partial charge in [-0.25, -0.2) is 4.21 Å². The van der Waals surface area contributed by atoms with Crippen LogP contribution in [-0.2, 0) is 15.3 Å². The summed E-state index contributed by atoms with van der Waals surface area (Å²) in [6.07, 6.45) is -4.00. The molecule has 1 atom stereocenters. The number of halogens is 3. The Hall–Kier alpha value is -1.28. The minimum Gasteiger partial charge on any atom is -0.495 e. The van der Waals surface area contributed by atoms with Crippen LogP contribution < -0.4 is 9.64 Å². The van der Waals surface area contributed by atoms with E-state index in [1.54, 1.807) is 7.11 Å². The minimum absolute atomic E-state index is 0.0563. The van der Waals surface area contributed by atoms with E-state index in [9.17, 15) is 17.4 Å². The van der Waals surface area contributed by atoms with E-state index < -0.39 is 23.9 Å². The molecule has 0 radical (unpaired) electrons. The van der Waals surface area contributed by atoms with Gasteiger partial charge in [0, 0.05) is 13.1 Å². The van der Waals surface area contributed by atoms with Crippen molar-refractivity contribution in [1.82, 2.24) is 0 Å². The fourth-order valence-electron chi connectivity index (χ4n) is 2.06. The molecule has 0 spiro atoms. The van der Waals surface area contributed by atoms with E-state index in [4.69, 9.17) is 4.74 Å². The molecule has 1 unspecified atom stereocenters. The molecule has 0 fully saturated rings. The molecule has 25 heavy (non-hydrogen) atoms. The lowest BCUT2D eigenvalue weighted by atomic mass is 10.2. The summed E-state index contributed by atoms with van der Waals surface area (Å²) in [5.41, 5.74) is 1.99. The number of ether oxygens (including phenoxy) is 1. The Bertz CT molecular complexity index is 524. The first-order valence-electron chi connectivity index (χ1n) is 8.24. The molecule has 1 rings (SSSR count). The van der Waals surface area contributed by atoms with Gasteiger partial charge in [0.1, 0.15) is 5.75 Å². The third-order valence-electron chi connectivity index (χ3n) is 3.15. The summed E-state index contributed by atoms with van der Waals surface area (Å²) in [6, 6.07) is 5.80. The molecular formula is C17H28F3NO3S.